The highest BCUT2D eigenvalue weighted by Crippen LogP contribution is 2.36. The fraction of sp³-hybridized carbons (Fsp3) is 0.103. The van der Waals surface area contributed by atoms with Gasteiger partial charge in [0.25, 0.3) is 5.69 Å². The summed E-state index contributed by atoms with van der Waals surface area (Å²) in [4.78, 5) is 63.0. The molecule has 0 unspecified atom stereocenters. The van der Waals surface area contributed by atoms with Gasteiger partial charge in [0, 0.05) is 33.6 Å². The van der Waals surface area contributed by atoms with Crippen molar-refractivity contribution in [2.24, 2.45) is 0 Å². The van der Waals surface area contributed by atoms with Crippen molar-refractivity contribution >= 4 is 29.0 Å². The van der Waals surface area contributed by atoms with E-state index in [1.54, 1.807) is 42.7 Å². The van der Waals surface area contributed by atoms with Crippen molar-refractivity contribution in [1.82, 2.24) is 4.57 Å². The Bertz CT molecular complexity index is 1750. The number of halogens is 1. The van der Waals surface area contributed by atoms with Crippen LogP contribution >= 0.6 is 0 Å². The first-order valence-electron chi connectivity index (χ1n) is 11.8. The van der Waals surface area contributed by atoms with Gasteiger partial charge in [0.05, 0.1) is 10.6 Å². The molecule has 1 aliphatic carbocycles. The number of nitrogens with zero attached hydrogens (tertiary/aromatic N) is 2. The number of carbonyl (C=O) groups excluding carboxylic acids is 4. The van der Waals surface area contributed by atoms with Crippen LogP contribution in [0.1, 0.15) is 63.9 Å². The Hall–Kier alpha value is -5.25. The second kappa shape index (κ2) is 9.56. The van der Waals surface area contributed by atoms with Gasteiger partial charge in [-0.1, -0.05) is 36.4 Å². The van der Waals surface area contributed by atoms with Gasteiger partial charge in [-0.25, -0.2) is 9.18 Å². The fourth-order valence-corrected chi connectivity index (χ4v) is 4.86. The minimum atomic E-state index is -1.21. The summed E-state index contributed by atoms with van der Waals surface area (Å²) >= 11 is 0. The third-order valence-corrected chi connectivity index (χ3v) is 6.63. The average Bonchev–Trinajstić information content (AvgIpc) is 3.23. The molecular weight excluding hydrogens is 507 g/mol. The number of aryl methyl sites for hydroxylation is 1. The number of hydrogen-bond acceptors (Lipinski definition) is 7. The topological polar surface area (TPSA) is 126 Å². The normalized spacial score (nSPS) is 12.1. The Morgan fingerprint density at radius 1 is 0.897 bits per heavy atom. The highest BCUT2D eigenvalue weighted by atomic mass is 19.1. The average molecular weight is 526 g/mol. The van der Waals surface area contributed by atoms with Gasteiger partial charge in [-0.05, 0) is 44.2 Å². The summed E-state index contributed by atoms with van der Waals surface area (Å²) in [6.45, 7) is 2.54. The number of ketones is 3. The van der Waals surface area contributed by atoms with Crippen LogP contribution in [0, 0.1) is 29.8 Å². The second-order valence-corrected chi connectivity index (χ2v) is 8.92. The zero-order valence-corrected chi connectivity index (χ0v) is 20.7. The molecule has 0 saturated carbocycles. The first kappa shape index (κ1) is 25.4. The van der Waals surface area contributed by atoms with Crippen molar-refractivity contribution in [3.63, 3.8) is 0 Å². The number of rotatable bonds is 6. The molecule has 0 N–H and O–H groups in total. The lowest BCUT2D eigenvalue weighted by Gasteiger charge is -2.18. The zero-order chi connectivity index (χ0) is 28.0. The van der Waals surface area contributed by atoms with Crippen LogP contribution in [-0.2, 0) is 4.74 Å². The third kappa shape index (κ3) is 4.11. The summed E-state index contributed by atoms with van der Waals surface area (Å²) in [7, 11) is 0. The number of nitro groups is 1. The van der Waals surface area contributed by atoms with Crippen LogP contribution in [0.5, 0.6) is 0 Å². The van der Waals surface area contributed by atoms with E-state index in [-0.39, 0.29) is 27.9 Å². The highest BCUT2D eigenvalue weighted by Gasteiger charge is 2.39. The lowest BCUT2D eigenvalue weighted by Crippen LogP contribution is -2.24. The van der Waals surface area contributed by atoms with Gasteiger partial charge in [0.15, 0.2) is 12.4 Å². The lowest BCUT2D eigenvalue weighted by atomic mass is 9.82. The minimum absolute atomic E-state index is 0.0102. The molecule has 0 saturated heterocycles. The Balaban J connectivity index is 1.44. The predicted molar refractivity (Wildman–Crippen MR) is 136 cm³/mol. The molecular formula is C29H19FN2O7. The molecule has 1 aliphatic rings. The summed E-state index contributed by atoms with van der Waals surface area (Å²) < 4.78 is 21.0. The van der Waals surface area contributed by atoms with Crippen LogP contribution in [0.4, 0.5) is 10.1 Å². The lowest BCUT2D eigenvalue weighted by molar-refractivity contribution is -0.385. The van der Waals surface area contributed by atoms with Crippen molar-refractivity contribution in [2.45, 2.75) is 13.8 Å². The van der Waals surface area contributed by atoms with Gasteiger partial charge >= 0.3 is 5.97 Å². The van der Waals surface area contributed by atoms with Gasteiger partial charge in [-0.2, -0.15) is 0 Å². The number of carbonyl (C=O) groups is 4. The summed E-state index contributed by atoms with van der Waals surface area (Å²) in [5, 5.41) is 12.0. The quantitative estimate of drug-likeness (QED) is 0.133. The number of esters is 1. The zero-order valence-electron chi connectivity index (χ0n) is 20.7. The number of fused-ring (bicyclic) bond motifs is 2. The highest BCUT2D eigenvalue weighted by molar-refractivity contribution is 6.30. The molecule has 4 aromatic rings. The number of benzene rings is 3. The van der Waals surface area contributed by atoms with E-state index < -0.39 is 57.5 Å². The number of hydrogen-bond donors (Lipinski definition) is 0. The van der Waals surface area contributed by atoms with Crippen molar-refractivity contribution in [2.75, 3.05) is 6.61 Å². The standard InChI is InChI=1S/C29H19FN2O7/c1-15-13-21(16(2)31(15)23-10-6-5-9-22(23)30)24(33)14-39-29(36)20-12-11-19-25(26(20)32(37)38)28(35)18-8-4-3-7-17(18)27(19)34/h3-13H,14H2,1-2H3. The molecule has 194 valence electrons. The van der Waals surface area contributed by atoms with Crippen molar-refractivity contribution in [1.29, 1.82) is 0 Å². The van der Waals surface area contributed by atoms with Crippen LogP contribution in [0.25, 0.3) is 5.69 Å². The van der Waals surface area contributed by atoms with Crippen molar-refractivity contribution in [3.05, 3.63) is 127 Å². The van der Waals surface area contributed by atoms with Crippen LogP contribution in [0.3, 0.4) is 0 Å². The maximum absolute atomic E-state index is 14.4. The van der Waals surface area contributed by atoms with E-state index in [1.807, 2.05) is 0 Å². The maximum Gasteiger partial charge on any atom is 0.345 e. The SMILES string of the molecule is Cc1cc(C(=O)COC(=O)c2ccc3c(c2[N+](=O)[O-])C(=O)c2ccccc2C3=O)c(C)n1-c1ccccc1F. The van der Waals surface area contributed by atoms with Gasteiger partial charge in [-0.15, -0.1) is 0 Å². The van der Waals surface area contributed by atoms with Gasteiger partial charge in [0.1, 0.15) is 16.9 Å². The maximum atomic E-state index is 14.4. The molecule has 5 rings (SSSR count). The predicted octanol–water partition coefficient (Wildman–Crippen LogP) is 4.96. The number of para-hydroxylation sites is 1. The van der Waals surface area contributed by atoms with Crippen LogP contribution < -0.4 is 0 Å². The van der Waals surface area contributed by atoms with E-state index in [0.717, 1.165) is 6.07 Å². The molecule has 10 heteroatoms. The van der Waals surface area contributed by atoms with Gasteiger partial charge in [-0.3, -0.25) is 24.5 Å². The third-order valence-electron chi connectivity index (χ3n) is 6.63. The summed E-state index contributed by atoms with van der Waals surface area (Å²) in [5.41, 5.74) is -0.615. The van der Waals surface area contributed by atoms with Gasteiger partial charge in [0.2, 0.25) is 11.6 Å². The number of ether oxygens (including phenoxy) is 1. The molecule has 0 fully saturated rings. The summed E-state index contributed by atoms with van der Waals surface area (Å²) in [5.74, 6) is -3.65. The molecule has 3 aromatic carbocycles. The molecule has 0 atom stereocenters. The van der Waals surface area contributed by atoms with Gasteiger partial charge < -0.3 is 9.30 Å². The van der Waals surface area contributed by atoms with Crippen LogP contribution in [0.2, 0.25) is 0 Å². The molecule has 0 spiro atoms. The van der Waals surface area contributed by atoms with Crippen LogP contribution in [-0.4, -0.2) is 39.4 Å². The van der Waals surface area contributed by atoms with E-state index >= 15 is 0 Å². The Labute approximate surface area is 220 Å². The first-order valence-corrected chi connectivity index (χ1v) is 11.8. The van der Waals surface area contributed by atoms with E-state index in [9.17, 15) is 33.7 Å². The molecule has 9 nitrogen and oxygen atoms in total. The van der Waals surface area contributed by atoms with E-state index in [1.165, 1.54) is 36.4 Å². The first-order chi connectivity index (χ1) is 18.6. The number of aromatic nitrogens is 1. The largest absolute Gasteiger partial charge is 0.454 e. The molecule has 0 amide bonds. The minimum Gasteiger partial charge on any atom is -0.454 e. The molecule has 0 aliphatic heterocycles. The molecule has 39 heavy (non-hydrogen) atoms. The molecule has 1 aromatic heterocycles. The van der Waals surface area contributed by atoms with E-state index in [4.69, 9.17) is 4.74 Å². The Morgan fingerprint density at radius 2 is 1.54 bits per heavy atom. The van der Waals surface area contributed by atoms with E-state index in [2.05, 4.69) is 0 Å². The van der Waals surface area contributed by atoms with Crippen molar-refractivity contribution in [3.8, 4) is 5.69 Å². The summed E-state index contributed by atoms with van der Waals surface area (Å²) in [6.07, 6.45) is 0. The Kier molecular flexibility index (Phi) is 6.23. The van der Waals surface area contributed by atoms with Crippen LogP contribution in [0.15, 0.2) is 66.7 Å². The van der Waals surface area contributed by atoms with E-state index in [0.29, 0.717) is 11.4 Å². The second-order valence-electron chi connectivity index (χ2n) is 8.92. The summed E-state index contributed by atoms with van der Waals surface area (Å²) in [6, 6.07) is 15.7. The monoisotopic (exact) mass is 526 g/mol. The number of Topliss-reactive ketones (excluding diaryl/α,β-unsaturated/α-hetero) is 1. The molecule has 0 radical (unpaired) electrons. The number of nitro benzene ring substituents is 1. The molecule has 1 heterocycles. The fourth-order valence-electron chi connectivity index (χ4n) is 4.86. The Morgan fingerprint density at radius 3 is 2.21 bits per heavy atom. The smallest absolute Gasteiger partial charge is 0.345 e. The molecule has 0 bridgehead atoms. The van der Waals surface area contributed by atoms with Crippen molar-refractivity contribution < 1.29 is 33.2 Å².